The van der Waals surface area contributed by atoms with E-state index < -0.39 is 0 Å². The summed E-state index contributed by atoms with van der Waals surface area (Å²) >= 11 is 0. The molecule has 1 aliphatic rings. The summed E-state index contributed by atoms with van der Waals surface area (Å²) in [6, 6.07) is 0. The molecule has 1 saturated carbocycles. The highest BCUT2D eigenvalue weighted by Gasteiger charge is 2.32. The molecular formula is C17H33NO. The first-order valence-electron chi connectivity index (χ1n) is 8.48. The maximum atomic E-state index is 11.3. The van der Waals surface area contributed by atoms with Gasteiger partial charge in [-0.1, -0.05) is 65.2 Å². The third-order valence-corrected chi connectivity index (χ3v) is 4.90. The van der Waals surface area contributed by atoms with Crippen molar-refractivity contribution in [1.29, 1.82) is 0 Å². The second kappa shape index (κ2) is 9.39. The summed E-state index contributed by atoms with van der Waals surface area (Å²) < 4.78 is 0. The molecule has 1 amide bonds. The third kappa shape index (κ3) is 5.97. The van der Waals surface area contributed by atoms with Gasteiger partial charge in [0, 0.05) is 5.92 Å². The predicted octanol–water partition coefficient (Wildman–Crippen LogP) is 4.66. The van der Waals surface area contributed by atoms with Crippen LogP contribution in [0.3, 0.4) is 0 Å². The number of hydrogen-bond acceptors (Lipinski definition) is 1. The van der Waals surface area contributed by atoms with Gasteiger partial charge in [0.2, 0.25) is 5.91 Å². The molecule has 1 aliphatic carbocycles. The number of carbonyl (C=O) groups is 1. The van der Waals surface area contributed by atoms with Gasteiger partial charge in [0.25, 0.3) is 0 Å². The topological polar surface area (TPSA) is 43.1 Å². The molecule has 2 N–H and O–H groups in total. The van der Waals surface area contributed by atoms with E-state index in [2.05, 4.69) is 13.8 Å². The van der Waals surface area contributed by atoms with Crippen molar-refractivity contribution in [1.82, 2.24) is 0 Å². The number of rotatable bonds is 10. The molecule has 0 aromatic heterocycles. The van der Waals surface area contributed by atoms with Crippen LogP contribution < -0.4 is 5.73 Å². The van der Waals surface area contributed by atoms with Crippen LogP contribution in [-0.4, -0.2) is 5.91 Å². The average molecular weight is 267 g/mol. The minimum atomic E-state index is -0.0669. The highest BCUT2D eigenvalue weighted by Crippen LogP contribution is 2.39. The van der Waals surface area contributed by atoms with Crippen LogP contribution in [0, 0.1) is 17.8 Å². The Kier molecular flexibility index (Phi) is 8.16. The van der Waals surface area contributed by atoms with Crippen molar-refractivity contribution in [3.8, 4) is 0 Å². The van der Waals surface area contributed by atoms with Gasteiger partial charge in [-0.15, -0.1) is 0 Å². The SMILES string of the molecule is CCCCCCC(CCCC)C1CCC(C(N)=O)C1. The number of primary amides is 1. The van der Waals surface area contributed by atoms with Gasteiger partial charge in [0.05, 0.1) is 0 Å². The first-order valence-corrected chi connectivity index (χ1v) is 8.48. The second-order valence-electron chi connectivity index (χ2n) is 6.42. The summed E-state index contributed by atoms with van der Waals surface area (Å²) in [6.45, 7) is 4.54. The lowest BCUT2D eigenvalue weighted by Gasteiger charge is -2.23. The highest BCUT2D eigenvalue weighted by molar-refractivity contribution is 5.76. The lowest BCUT2D eigenvalue weighted by Crippen LogP contribution is -2.21. The summed E-state index contributed by atoms with van der Waals surface area (Å²) in [6.07, 6.45) is 14.1. The van der Waals surface area contributed by atoms with Gasteiger partial charge in [-0.3, -0.25) is 4.79 Å². The normalized spacial score (nSPS) is 24.5. The number of unbranched alkanes of at least 4 members (excludes halogenated alkanes) is 4. The van der Waals surface area contributed by atoms with Crippen LogP contribution in [0.5, 0.6) is 0 Å². The van der Waals surface area contributed by atoms with Crippen LogP contribution in [0.25, 0.3) is 0 Å². The summed E-state index contributed by atoms with van der Waals surface area (Å²) in [4.78, 5) is 11.3. The van der Waals surface area contributed by atoms with Crippen molar-refractivity contribution < 1.29 is 4.79 Å². The van der Waals surface area contributed by atoms with Crippen molar-refractivity contribution in [3.63, 3.8) is 0 Å². The van der Waals surface area contributed by atoms with Crippen LogP contribution in [0.4, 0.5) is 0 Å². The van der Waals surface area contributed by atoms with E-state index in [1.54, 1.807) is 0 Å². The zero-order valence-corrected chi connectivity index (χ0v) is 13.0. The van der Waals surface area contributed by atoms with Gasteiger partial charge in [-0.25, -0.2) is 0 Å². The number of hydrogen-bond donors (Lipinski definition) is 1. The minimum Gasteiger partial charge on any atom is -0.369 e. The molecular weight excluding hydrogens is 234 g/mol. The molecule has 2 heteroatoms. The minimum absolute atomic E-state index is 0.0669. The van der Waals surface area contributed by atoms with E-state index in [0.29, 0.717) is 0 Å². The Labute approximate surface area is 119 Å². The van der Waals surface area contributed by atoms with Crippen molar-refractivity contribution in [2.75, 3.05) is 0 Å². The van der Waals surface area contributed by atoms with Gasteiger partial charge in [0.15, 0.2) is 0 Å². The summed E-state index contributed by atoms with van der Waals surface area (Å²) in [5, 5.41) is 0. The lowest BCUT2D eigenvalue weighted by atomic mass is 9.82. The first kappa shape index (κ1) is 16.5. The van der Waals surface area contributed by atoms with Crippen molar-refractivity contribution in [2.45, 2.75) is 84.5 Å². The van der Waals surface area contributed by atoms with Gasteiger partial charge in [-0.2, -0.15) is 0 Å². The Morgan fingerprint density at radius 1 is 1.05 bits per heavy atom. The van der Waals surface area contributed by atoms with Crippen LogP contribution in [0.15, 0.2) is 0 Å². The fourth-order valence-corrected chi connectivity index (χ4v) is 3.62. The molecule has 19 heavy (non-hydrogen) atoms. The molecule has 112 valence electrons. The second-order valence-corrected chi connectivity index (χ2v) is 6.42. The molecule has 0 saturated heterocycles. The standard InChI is InChI=1S/C17H33NO/c1-3-5-7-8-10-14(9-6-4-2)15-11-12-16(13-15)17(18)19/h14-16H,3-13H2,1-2H3,(H2,18,19). The molecule has 3 atom stereocenters. The molecule has 0 radical (unpaired) electrons. The molecule has 0 spiro atoms. The predicted molar refractivity (Wildman–Crippen MR) is 81.8 cm³/mol. The van der Waals surface area contributed by atoms with Crippen LogP contribution >= 0.6 is 0 Å². The molecule has 1 rings (SSSR count). The quantitative estimate of drug-likeness (QED) is 0.574. The van der Waals surface area contributed by atoms with E-state index in [-0.39, 0.29) is 11.8 Å². The van der Waals surface area contributed by atoms with Crippen molar-refractivity contribution in [3.05, 3.63) is 0 Å². The Hall–Kier alpha value is -0.530. The molecule has 1 fully saturated rings. The largest absolute Gasteiger partial charge is 0.369 e. The fraction of sp³-hybridized carbons (Fsp3) is 0.941. The van der Waals surface area contributed by atoms with E-state index in [9.17, 15) is 4.79 Å². The molecule has 0 aliphatic heterocycles. The van der Waals surface area contributed by atoms with Crippen LogP contribution in [0.1, 0.15) is 84.5 Å². The maximum absolute atomic E-state index is 11.3. The Bertz CT molecular complexity index is 252. The lowest BCUT2D eigenvalue weighted by molar-refractivity contribution is -0.121. The van der Waals surface area contributed by atoms with Gasteiger partial charge >= 0.3 is 0 Å². The average Bonchev–Trinajstić information content (AvgIpc) is 2.87. The zero-order chi connectivity index (χ0) is 14.1. The summed E-state index contributed by atoms with van der Waals surface area (Å²) in [5.41, 5.74) is 5.46. The maximum Gasteiger partial charge on any atom is 0.220 e. The summed E-state index contributed by atoms with van der Waals surface area (Å²) in [5.74, 6) is 1.72. The van der Waals surface area contributed by atoms with E-state index in [4.69, 9.17) is 5.73 Å². The van der Waals surface area contributed by atoms with E-state index in [1.165, 1.54) is 57.8 Å². The molecule has 0 aromatic rings. The van der Waals surface area contributed by atoms with E-state index in [1.807, 2.05) is 0 Å². The van der Waals surface area contributed by atoms with Crippen molar-refractivity contribution >= 4 is 5.91 Å². The Morgan fingerprint density at radius 2 is 1.74 bits per heavy atom. The Morgan fingerprint density at radius 3 is 2.32 bits per heavy atom. The van der Waals surface area contributed by atoms with Crippen LogP contribution in [0.2, 0.25) is 0 Å². The van der Waals surface area contributed by atoms with Gasteiger partial charge in [-0.05, 0) is 31.1 Å². The van der Waals surface area contributed by atoms with Gasteiger partial charge < -0.3 is 5.73 Å². The molecule has 3 unspecified atom stereocenters. The molecule has 0 heterocycles. The number of amides is 1. The Balaban J connectivity index is 2.37. The molecule has 0 aromatic carbocycles. The highest BCUT2D eigenvalue weighted by atomic mass is 16.1. The first-order chi connectivity index (χ1) is 9.19. The zero-order valence-electron chi connectivity index (χ0n) is 13.0. The summed E-state index contributed by atoms with van der Waals surface area (Å²) in [7, 11) is 0. The number of nitrogens with two attached hydrogens (primary N) is 1. The number of carbonyl (C=O) groups excluding carboxylic acids is 1. The third-order valence-electron chi connectivity index (χ3n) is 4.90. The smallest absolute Gasteiger partial charge is 0.220 e. The molecule has 2 nitrogen and oxygen atoms in total. The van der Waals surface area contributed by atoms with E-state index in [0.717, 1.165) is 24.7 Å². The molecule has 0 bridgehead atoms. The van der Waals surface area contributed by atoms with E-state index >= 15 is 0 Å². The van der Waals surface area contributed by atoms with Crippen molar-refractivity contribution in [2.24, 2.45) is 23.5 Å². The fourth-order valence-electron chi connectivity index (χ4n) is 3.62. The van der Waals surface area contributed by atoms with Gasteiger partial charge in [0.1, 0.15) is 0 Å². The monoisotopic (exact) mass is 267 g/mol. The van der Waals surface area contributed by atoms with Crippen LogP contribution in [-0.2, 0) is 4.79 Å².